The van der Waals surface area contributed by atoms with Gasteiger partial charge in [0.15, 0.2) is 0 Å². The largest absolute Gasteiger partial charge is 0.338 e. The summed E-state index contributed by atoms with van der Waals surface area (Å²) in [6.07, 6.45) is 0.926. The van der Waals surface area contributed by atoms with E-state index < -0.39 is 7.60 Å². The first-order valence-electron chi connectivity index (χ1n) is 7.76. The van der Waals surface area contributed by atoms with Crippen LogP contribution in [0.2, 0.25) is 0 Å². The predicted molar refractivity (Wildman–Crippen MR) is 83.6 cm³/mol. The Bertz CT molecular complexity index is 549. The van der Waals surface area contributed by atoms with Gasteiger partial charge >= 0.3 is 7.60 Å². The van der Waals surface area contributed by atoms with Gasteiger partial charge in [0.05, 0.1) is 18.4 Å². The fraction of sp³-hybridized carbons (Fsp3) is 0.625. The van der Waals surface area contributed by atoms with Crippen LogP contribution < -0.4 is 5.32 Å². The summed E-state index contributed by atoms with van der Waals surface area (Å²) in [6.45, 7) is 7.57. The standard InChI is InChI=1S/C16H24NO3P/c1-4-19-21(18,20-5-2)16-10-14(16)11-17-15(16)13-8-6-12(3)7-9-13/h6-9,14-15,17H,4-5,10-11H2,1-3H3. The number of hydrogen-bond acceptors (Lipinski definition) is 4. The second-order valence-corrected chi connectivity index (χ2v) is 8.32. The highest BCUT2D eigenvalue weighted by Crippen LogP contribution is 2.79. The number of rotatable bonds is 6. The molecular weight excluding hydrogens is 285 g/mol. The molecule has 2 aliphatic rings. The van der Waals surface area contributed by atoms with E-state index in [9.17, 15) is 4.57 Å². The third-order valence-corrected chi connectivity index (χ3v) is 7.73. The smallest absolute Gasteiger partial charge is 0.309 e. The van der Waals surface area contributed by atoms with Crippen molar-refractivity contribution in [2.45, 2.75) is 38.4 Å². The lowest BCUT2D eigenvalue weighted by molar-refractivity contribution is 0.204. The predicted octanol–water partition coefficient (Wildman–Crippen LogP) is 3.66. The maximum atomic E-state index is 13.3. The number of hydrogen-bond donors (Lipinski definition) is 1. The maximum Gasteiger partial charge on any atom is 0.338 e. The zero-order chi connectivity index (χ0) is 15.1. The van der Waals surface area contributed by atoms with Crippen molar-refractivity contribution in [1.82, 2.24) is 5.32 Å². The number of benzene rings is 1. The third-order valence-electron chi connectivity index (χ3n) is 4.71. The van der Waals surface area contributed by atoms with E-state index >= 15 is 0 Å². The molecule has 0 bridgehead atoms. The minimum Gasteiger partial charge on any atom is -0.309 e. The summed E-state index contributed by atoms with van der Waals surface area (Å²) in [6, 6.07) is 8.52. The molecule has 1 N–H and O–H groups in total. The van der Waals surface area contributed by atoms with Crippen molar-refractivity contribution in [3.8, 4) is 0 Å². The van der Waals surface area contributed by atoms with Crippen LogP contribution in [0.15, 0.2) is 24.3 Å². The van der Waals surface area contributed by atoms with E-state index in [0.29, 0.717) is 19.1 Å². The monoisotopic (exact) mass is 309 g/mol. The van der Waals surface area contributed by atoms with Gasteiger partial charge in [-0.05, 0) is 45.2 Å². The molecule has 1 heterocycles. The number of nitrogens with one attached hydrogen (secondary N) is 1. The average molecular weight is 309 g/mol. The highest BCUT2D eigenvalue weighted by atomic mass is 31.2. The molecule has 4 nitrogen and oxygen atoms in total. The van der Waals surface area contributed by atoms with Gasteiger partial charge in [0.2, 0.25) is 0 Å². The molecule has 3 unspecified atom stereocenters. The van der Waals surface area contributed by atoms with Gasteiger partial charge in [-0.2, -0.15) is 0 Å². The first-order chi connectivity index (χ1) is 10.1. The molecule has 1 aliphatic heterocycles. The highest BCUT2D eigenvalue weighted by Gasteiger charge is 2.74. The van der Waals surface area contributed by atoms with Crippen molar-refractivity contribution < 1.29 is 13.6 Å². The Kier molecular flexibility index (Phi) is 4.00. The van der Waals surface area contributed by atoms with Gasteiger partial charge in [-0.3, -0.25) is 4.57 Å². The Hall–Kier alpha value is -0.670. The zero-order valence-electron chi connectivity index (χ0n) is 13.0. The molecule has 0 amide bonds. The van der Waals surface area contributed by atoms with Gasteiger partial charge < -0.3 is 14.4 Å². The molecule has 0 radical (unpaired) electrons. The van der Waals surface area contributed by atoms with E-state index in [1.54, 1.807) is 0 Å². The minimum atomic E-state index is -3.10. The van der Waals surface area contributed by atoms with Crippen LogP contribution in [-0.2, 0) is 13.6 Å². The molecule has 1 saturated carbocycles. The Morgan fingerprint density at radius 3 is 2.38 bits per heavy atom. The van der Waals surface area contributed by atoms with Crippen LogP contribution in [0.4, 0.5) is 0 Å². The fourth-order valence-electron chi connectivity index (χ4n) is 3.65. The Morgan fingerprint density at radius 1 is 1.24 bits per heavy atom. The molecule has 1 saturated heterocycles. The van der Waals surface area contributed by atoms with E-state index in [1.165, 1.54) is 11.1 Å². The van der Waals surface area contributed by atoms with Crippen molar-refractivity contribution in [2.75, 3.05) is 19.8 Å². The van der Waals surface area contributed by atoms with Gasteiger partial charge in [-0.1, -0.05) is 29.8 Å². The van der Waals surface area contributed by atoms with E-state index in [0.717, 1.165) is 13.0 Å². The van der Waals surface area contributed by atoms with Gasteiger partial charge in [-0.25, -0.2) is 0 Å². The van der Waals surface area contributed by atoms with Crippen LogP contribution in [0, 0.1) is 12.8 Å². The first-order valence-corrected chi connectivity index (χ1v) is 9.31. The molecular formula is C16H24NO3P. The first kappa shape index (κ1) is 15.2. The van der Waals surface area contributed by atoms with Crippen LogP contribution in [0.5, 0.6) is 0 Å². The molecule has 1 aromatic rings. The van der Waals surface area contributed by atoms with Crippen molar-refractivity contribution >= 4 is 7.60 Å². The quantitative estimate of drug-likeness (QED) is 0.815. The van der Waals surface area contributed by atoms with Gasteiger partial charge in [0.25, 0.3) is 0 Å². The summed E-state index contributed by atoms with van der Waals surface area (Å²) in [5, 5.41) is 3.16. The van der Waals surface area contributed by atoms with Gasteiger partial charge in [0, 0.05) is 6.04 Å². The Labute approximate surface area is 126 Å². The molecule has 3 rings (SSSR count). The lowest BCUT2D eigenvalue weighted by Gasteiger charge is -2.31. The molecule has 3 atom stereocenters. The summed E-state index contributed by atoms with van der Waals surface area (Å²) in [4.78, 5) is 0. The van der Waals surface area contributed by atoms with Crippen LogP contribution in [0.1, 0.15) is 37.4 Å². The molecule has 5 heteroatoms. The summed E-state index contributed by atoms with van der Waals surface area (Å²) in [7, 11) is -3.10. The van der Waals surface area contributed by atoms with Gasteiger partial charge in [0.1, 0.15) is 0 Å². The van der Waals surface area contributed by atoms with Crippen LogP contribution in [0.3, 0.4) is 0 Å². The number of piperidine rings is 1. The van der Waals surface area contributed by atoms with Crippen LogP contribution >= 0.6 is 7.60 Å². The molecule has 21 heavy (non-hydrogen) atoms. The minimum absolute atomic E-state index is 0.0621. The topological polar surface area (TPSA) is 47.6 Å². The molecule has 1 aromatic carbocycles. The number of fused-ring (bicyclic) bond motifs is 1. The molecule has 2 fully saturated rings. The normalized spacial score (nSPS) is 31.2. The van der Waals surface area contributed by atoms with Crippen molar-refractivity contribution in [3.63, 3.8) is 0 Å². The van der Waals surface area contributed by atoms with Gasteiger partial charge in [-0.15, -0.1) is 0 Å². The van der Waals surface area contributed by atoms with Crippen molar-refractivity contribution in [3.05, 3.63) is 35.4 Å². The maximum absolute atomic E-state index is 13.3. The second kappa shape index (κ2) is 5.51. The number of aryl methyl sites for hydroxylation is 1. The summed E-state index contributed by atoms with van der Waals surface area (Å²) in [5.41, 5.74) is 2.41. The average Bonchev–Trinajstić information content (AvgIpc) is 3.08. The summed E-state index contributed by atoms with van der Waals surface area (Å²) >= 11 is 0. The van der Waals surface area contributed by atoms with Crippen molar-refractivity contribution in [2.24, 2.45) is 5.92 Å². The third kappa shape index (κ3) is 2.29. The highest BCUT2D eigenvalue weighted by molar-refractivity contribution is 7.56. The Morgan fingerprint density at radius 2 is 1.86 bits per heavy atom. The van der Waals surface area contributed by atoms with E-state index in [-0.39, 0.29) is 11.2 Å². The van der Waals surface area contributed by atoms with Crippen molar-refractivity contribution in [1.29, 1.82) is 0 Å². The summed E-state index contributed by atoms with van der Waals surface area (Å²) in [5.74, 6) is 0.396. The van der Waals surface area contributed by atoms with Crippen LogP contribution in [-0.4, -0.2) is 24.9 Å². The molecule has 0 aromatic heterocycles. The van der Waals surface area contributed by atoms with E-state index in [4.69, 9.17) is 9.05 Å². The Balaban J connectivity index is 1.95. The van der Waals surface area contributed by atoms with Crippen LogP contribution in [0.25, 0.3) is 0 Å². The zero-order valence-corrected chi connectivity index (χ0v) is 13.9. The molecule has 0 spiro atoms. The molecule has 1 aliphatic carbocycles. The lowest BCUT2D eigenvalue weighted by atomic mass is 10.0. The fourth-order valence-corrected chi connectivity index (χ4v) is 6.43. The molecule has 116 valence electrons. The van der Waals surface area contributed by atoms with E-state index in [2.05, 4.69) is 36.5 Å². The SMILES string of the molecule is CCOP(=O)(OCC)C12CC1CNC2c1ccc(C)cc1. The van der Waals surface area contributed by atoms with E-state index in [1.807, 2.05) is 13.8 Å². The second-order valence-electron chi connectivity index (χ2n) is 5.98. The lowest BCUT2D eigenvalue weighted by Crippen LogP contribution is -2.29. The summed E-state index contributed by atoms with van der Waals surface area (Å²) < 4.78 is 24.7.